The molecule has 0 atom stereocenters. The van der Waals surface area contributed by atoms with Crippen molar-refractivity contribution in [3.63, 3.8) is 0 Å². The minimum atomic E-state index is -0.220. The Hall–Kier alpha value is -1.01. The number of carbonyl (C=O) groups excluding carboxylic acids is 2. The van der Waals surface area contributed by atoms with Crippen LogP contribution in [0, 0.1) is 5.92 Å². The van der Waals surface area contributed by atoms with Crippen LogP contribution in [0.4, 0.5) is 0 Å². The molecule has 0 heterocycles. The quantitative estimate of drug-likeness (QED) is 0.794. The van der Waals surface area contributed by atoms with Gasteiger partial charge in [0.15, 0.2) is 0 Å². The van der Waals surface area contributed by atoms with Crippen LogP contribution in [0.3, 0.4) is 0 Å². The van der Waals surface area contributed by atoms with E-state index >= 15 is 0 Å². The van der Waals surface area contributed by atoms with Gasteiger partial charge in [-0.15, -0.1) is 12.6 Å². The lowest BCUT2D eigenvalue weighted by atomic mass is 10.2. The normalized spacial score (nSPS) is 10.5. The molecule has 1 rings (SSSR count). The van der Waals surface area contributed by atoms with Crippen molar-refractivity contribution in [3.05, 3.63) is 28.2 Å². The monoisotopic (exact) mass is 358 g/mol. The average Bonchev–Trinajstić information content (AvgIpc) is 2.35. The zero-order chi connectivity index (χ0) is 15.3. The Bertz CT molecular complexity index is 506. The number of nitrogens with zero attached hydrogens (tertiary/aromatic N) is 1. The molecule has 110 valence electrons. The second-order valence-electron chi connectivity index (χ2n) is 5.02. The molecule has 0 saturated heterocycles. The van der Waals surface area contributed by atoms with Gasteiger partial charge in [-0.3, -0.25) is 9.59 Å². The summed E-state index contributed by atoms with van der Waals surface area (Å²) in [6.45, 7) is 4.68. The van der Waals surface area contributed by atoms with Crippen molar-refractivity contribution in [3.8, 4) is 0 Å². The molecule has 0 fully saturated rings. The van der Waals surface area contributed by atoms with E-state index in [1.807, 2.05) is 13.8 Å². The number of likely N-dealkylation sites (N-methyl/N-ethyl adjacent to an activating group) is 1. The molecule has 0 spiro atoms. The van der Waals surface area contributed by atoms with Gasteiger partial charge in [0.05, 0.1) is 12.1 Å². The van der Waals surface area contributed by atoms with E-state index in [-0.39, 0.29) is 18.4 Å². The lowest BCUT2D eigenvalue weighted by Gasteiger charge is -2.18. The molecule has 0 aliphatic heterocycles. The maximum atomic E-state index is 12.2. The fourth-order valence-electron chi connectivity index (χ4n) is 1.55. The number of rotatable bonds is 5. The summed E-state index contributed by atoms with van der Waals surface area (Å²) >= 11 is 7.60. The van der Waals surface area contributed by atoms with Crippen LogP contribution < -0.4 is 5.32 Å². The largest absolute Gasteiger partial charge is 0.354 e. The number of nitrogens with one attached hydrogen (secondary N) is 1. The highest BCUT2D eigenvalue weighted by Crippen LogP contribution is 2.20. The lowest BCUT2D eigenvalue weighted by molar-refractivity contribution is -0.121. The van der Waals surface area contributed by atoms with Gasteiger partial charge in [-0.25, -0.2) is 0 Å². The molecule has 1 aromatic rings. The van der Waals surface area contributed by atoms with Crippen LogP contribution in [0.5, 0.6) is 0 Å². The number of hydrogen-bond donors (Lipinski definition) is 2. The third-order valence-corrected chi connectivity index (χ3v) is 3.49. The first kappa shape index (κ1) is 17.0. The Morgan fingerprint density at radius 1 is 1.40 bits per heavy atom. The Morgan fingerprint density at radius 2 is 2.05 bits per heavy atom. The fraction of sp³-hybridized carbons (Fsp3) is 0.429. The molecular formula is C14H19BrN2O2S. The number of halogens is 1. The van der Waals surface area contributed by atoms with E-state index in [1.165, 1.54) is 4.90 Å². The molecule has 0 radical (unpaired) electrons. The Morgan fingerprint density at radius 3 is 2.60 bits per heavy atom. The smallest absolute Gasteiger partial charge is 0.255 e. The van der Waals surface area contributed by atoms with Gasteiger partial charge in [0.1, 0.15) is 0 Å². The maximum Gasteiger partial charge on any atom is 0.255 e. The highest BCUT2D eigenvalue weighted by molar-refractivity contribution is 9.10. The van der Waals surface area contributed by atoms with Gasteiger partial charge in [-0.2, -0.15) is 0 Å². The fourth-order valence-corrected chi connectivity index (χ4v) is 2.40. The van der Waals surface area contributed by atoms with Crippen LogP contribution in [-0.2, 0) is 4.79 Å². The summed E-state index contributed by atoms with van der Waals surface area (Å²) in [5, 5.41) is 2.78. The molecule has 0 bridgehead atoms. The molecule has 1 N–H and O–H groups in total. The van der Waals surface area contributed by atoms with Crippen molar-refractivity contribution in [2.75, 3.05) is 20.1 Å². The summed E-state index contributed by atoms with van der Waals surface area (Å²) < 4.78 is 0.858. The molecule has 0 unspecified atom stereocenters. The van der Waals surface area contributed by atoms with E-state index in [9.17, 15) is 9.59 Å². The third kappa shape index (κ3) is 5.17. The summed E-state index contributed by atoms with van der Waals surface area (Å²) in [5.74, 6) is 0.00467. The van der Waals surface area contributed by atoms with Crippen molar-refractivity contribution < 1.29 is 9.59 Å². The molecule has 0 aliphatic carbocycles. The SMILES string of the molecule is CC(C)CNC(=O)CN(C)C(=O)c1ccc(Br)cc1S. The zero-order valence-corrected chi connectivity index (χ0v) is 14.3. The van der Waals surface area contributed by atoms with E-state index in [0.29, 0.717) is 22.9 Å². The maximum absolute atomic E-state index is 12.2. The molecule has 0 aliphatic rings. The molecule has 2 amide bonds. The van der Waals surface area contributed by atoms with Gasteiger partial charge in [-0.05, 0) is 24.1 Å². The minimum absolute atomic E-state index is 0.0365. The first-order valence-electron chi connectivity index (χ1n) is 6.32. The van der Waals surface area contributed by atoms with Crippen molar-refractivity contribution in [1.82, 2.24) is 10.2 Å². The lowest BCUT2D eigenvalue weighted by Crippen LogP contribution is -2.39. The summed E-state index contributed by atoms with van der Waals surface area (Å²) in [6, 6.07) is 5.22. The van der Waals surface area contributed by atoms with Gasteiger partial charge in [0.25, 0.3) is 5.91 Å². The zero-order valence-electron chi connectivity index (χ0n) is 11.8. The molecule has 0 aromatic heterocycles. The van der Waals surface area contributed by atoms with Crippen LogP contribution in [0.15, 0.2) is 27.6 Å². The second kappa shape index (κ2) is 7.69. The van der Waals surface area contributed by atoms with Gasteiger partial charge < -0.3 is 10.2 Å². The molecule has 0 saturated carbocycles. The minimum Gasteiger partial charge on any atom is -0.354 e. The standard InChI is InChI=1S/C14H19BrN2O2S/c1-9(2)7-16-13(18)8-17(3)14(19)11-5-4-10(15)6-12(11)20/h4-6,9,20H,7-8H2,1-3H3,(H,16,18). The number of amides is 2. The van der Waals surface area contributed by atoms with E-state index < -0.39 is 0 Å². The topological polar surface area (TPSA) is 49.4 Å². The molecule has 4 nitrogen and oxygen atoms in total. The predicted octanol–water partition coefficient (Wildman–Crippen LogP) is 2.58. The van der Waals surface area contributed by atoms with Crippen LogP contribution in [0.1, 0.15) is 24.2 Å². The van der Waals surface area contributed by atoms with Crippen LogP contribution in [0.2, 0.25) is 0 Å². The van der Waals surface area contributed by atoms with Crippen molar-refractivity contribution >= 4 is 40.4 Å². The Labute approximate surface area is 133 Å². The van der Waals surface area contributed by atoms with E-state index in [4.69, 9.17) is 0 Å². The van der Waals surface area contributed by atoms with Crippen molar-refractivity contribution in [2.24, 2.45) is 5.92 Å². The van der Waals surface area contributed by atoms with Gasteiger partial charge in [0.2, 0.25) is 5.91 Å². The first-order valence-corrected chi connectivity index (χ1v) is 7.56. The van der Waals surface area contributed by atoms with E-state index in [2.05, 4.69) is 33.9 Å². The third-order valence-electron chi connectivity index (χ3n) is 2.63. The molecule has 1 aromatic carbocycles. The molecule has 6 heteroatoms. The highest BCUT2D eigenvalue weighted by atomic mass is 79.9. The average molecular weight is 359 g/mol. The van der Waals surface area contributed by atoms with Gasteiger partial charge in [-0.1, -0.05) is 29.8 Å². The van der Waals surface area contributed by atoms with E-state index in [1.54, 1.807) is 25.2 Å². The van der Waals surface area contributed by atoms with E-state index in [0.717, 1.165) is 4.47 Å². The number of thiol groups is 1. The van der Waals surface area contributed by atoms with Crippen LogP contribution in [-0.4, -0.2) is 36.9 Å². The van der Waals surface area contributed by atoms with Crippen molar-refractivity contribution in [1.29, 1.82) is 0 Å². The van der Waals surface area contributed by atoms with Gasteiger partial charge >= 0.3 is 0 Å². The van der Waals surface area contributed by atoms with Crippen LogP contribution in [0.25, 0.3) is 0 Å². The number of hydrogen-bond acceptors (Lipinski definition) is 3. The Balaban J connectivity index is 2.65. The summed E-state index contributed by atoms with van der Waals surface area (Å²) in [4.78, 5) is 25.9. The summed E-state index contributed by atoms with van der Waals surface area (Å²) in [5.41, 5.74) is 0.482. The first-order chi connectivity index (χ1) is 9.31. The highest BCUT2D eigenvalue weighted by Gasteiger charge is 2.17. The Kier molecular flexibility index (Phi) is 6.55. The summed E-state index contributed by atoms with van der Waals surface area (Å²) in [7, 11) is 1.60. The van der Waals surface area contributed by atoms with Crippen molar-refractivity contribution in [2.45, 2.75) is 18.7 Å². The molecular weight excluding hydrogens is 340 g/mol. The van der Waals surface area contributed by atoms with Gasteiger partial charge in [0, 0.05) is 23.0 Å². The van der Waals surface area contributed by atoms with Crippen LogP contribution >= 0.6 is 28.6 Å². The molecule has 20 heavy (non-hydrogen) atoms. The summed E-state index contributed by atoms with van der Waals surface area (Å²) in [6.07, 6.45) is 0. The predicted molar refractivity (Wildman–Crippen MR) is 86.2 cm³/mol. The number of benzene rings is 1. The number of carbonyl (C=O) groups is 2. The second-order valence-corrected chi connectivity index (χ2v) is 6.42.